The Labute approximate surface area is 129 Å². The molecule has 1 aliphatic heterocycles. The lowest BCUT2D eigenvalue weighted by molar-refractivity contribution is -0.143. The number of carbonyl (C=O) groups is 2. The number of carboxylic acid groups (broad SMARTS) is 1. The van der Waals surface area contributed by atoms with Crippen molar-refractivity contribution in [1.29, 1.82) is 0 Å². The zero-order valence-corrected chi connectivity index (χ0v) is 12.8. The quantitative estimate of drug-likeness (QED) is 0.891. The van der Waals surface area contributed by atoms with Crippen LogP contribution in [0.2, 0.25) is 0 Å². The molecule has 0 radical (unpaired) electrons. The second-order valence-electron chi connectivity index (χ2n) is 6.58. The van der Waals surface area contributed by atoms with Crippen LogP contribution >= 0.6 is 0 Å². The van der Waals surface area contributed by atoms with E-state index in [1.54, 1.807) is 13.8 Å². The number of rotatable bonds is 4. The van der Waals surface area contributed by atoms with Gasteiger partial charge in [0.05, 0.1) is 6.61 Å². The van der Waals surface area contributed by atoms with Crippen LogP contribution in [0.15, 0.2) is 24.3 Å². The number of benzene rings is 1. The summed E-state index contributed by atoms with van der Waals surface area (Å²) in [6.45, 7) is 4.20. The Hall–Kier alpha value is -2.04. The summed E-state index contributed by atoms with van der Waals surface area (Å²) in [5.74, 6) is -0.581. The highest BCUT2D eigenvalue weighted by molar-refractivity contribution is 5.89. The molecular formula is C17H21NO4. The van der Waals surface area contributed by atoms with Gasteiger partial charge in [-0.25, -0.2) is 4.79 Å². The molecule has 1 aliphatic carbocycles. The van der Waals surface area contributed by atoms with E-state index in [1.165, 1.54) is 0 Å². The van der Waals surface area contributed by atoms with Crippen LogP contribution < -0.4 is 10.1 Å². The van der Waals surface area contributed by atoms with Gasteiger partial charge in [-0.1, -0.05) is 32.0 Å². The van der Waals surface area contributed by atoms with E-state index in [9.17, 15) is 14.7 Å². The molecule has 1 spiro atoms. The van der Waals surface area contributed by atoms with Crippen molar-refractivity contribution < 1.29 is 19.4 Å². The third kappa shape index (κ3) is 2.34. The summed E-state index contributed by atoms with van der Waals surface area (Å²) < 4.78 is 5.66. The first-order chi connectivity index (χ1) is 10.5. The molecule has 5 nitrogen and oxygen atoms in total. The Morgan fingerprint density at radius 1 is 1.36 bits per heavy atom. The number of fused-ring (bicyclic) bond motifs is 2. The van der Waals surface area contributed by atoms with Crippen molar-refractivity contribution in [2.24, 2.45) is 11.8 Å². The van der Waals surface area contributed by atoms with Crippen molar-refractivity contribution in [3.63, 3.8) is 0 Å². The van der Waals surface area contributed by atoms with Crippen molar-refractivity contribution in [3.8, 4) is 5.75 Å². The van der Waals surface area contributed by atoms with E-state index < -0.39 is 12.0 Å². The maximum absolute atomic E-state index is 12.5. The van der Waals surface area contributed by atoms with Gasteiger partial charge >= 0.3 is 5.97 Å². The molecular weight excluding hydrogens is 282 g/mol. The second-order valence-corrected chi connectivity index (χ2v) is 6.58. The van der Waals surface area contributed by atoms with Crippen LogP contribution in [0.4, 0.5) is 0 Å². The summed E-state index contributed by atoms with van der Waals surface area (Å²) in [6.07, 6.45) is 1.57. The summed E-state index contributed by atoms with van der Waals surface area (Å²) in [6, 6.07) is 6.99. The molecule has 1 aromatic carbocycles. The minimum absolute atomic E-state index is 0.141. The number of ether oxygens (including phenoxy) is 1. The highest BCUT2D eigenvalue weighted by Crippen LogP contribution is 2.60. The summed E-state index contributed by atoms with van der Waals surface area (Å²) in [7, 11) is 0. The molecule has 1 fully saturated rings. The molecule has 2 aliphatic rings. The maximum atomic E-state index is 12.5. The fourth-order valence-corrected chi connectivity index (χ4v) is 3.47. The molecule has 1 amide bonds. The Morgan fingerprint density at radius 2 is 2.09 bits per heavy atom. The molecule has 1 aromatic rings. The van der Waals surface area contributed by atoms with Gasteiger partial charge in [0, 0.05) is 16.9 Å². The zero-order valence-electron chi connectivity index (χ0n) is 12.8. The number of amides is 1. The molecule has 3 rings (SSSR count). The SMILES string of the molecule is CC(C)C(NC(=O)[C@@H]1C[C@]12CCOc1ccccc12)C(=O)O. The van der Waals surface area contributed by atoms with Gasteiger partial charge in [-0.05, 0) is 24.8 Å². The first-order valence-electron chi connectivity index (χ1n) is 7.71. The van der Waals surface area contributed by atoms with Crippen molar-refractivity contribution in [1.82, 2.24) is 5.32 Å². The zero-order chi connectivity index (χ0) is 15.9. The Morgan fingerprint density at radius 3 is 2.77 bits per heavy atom. The molecule has 3 atom stereocenters. The lowest BCUT2D eigenvalue weighted by Crippen LogP contribution is -2.45. The highest BCUT2D eigenvalue weighted by Gasteiger charge is 2.61. The van der Waals surface area contributed by atoms with Crippen molar-refractivity contribution in [2.75, 3.05) is 6.61 Å². The van der Waals surface area contributed by atoms with Crippen molar-refractivity contribution in [3.05, 3.63) is 29.8 Å². The Bertz CT molecular complexity index is 612. The summed E-state index contributed by atoms with van der Waals surface area (Å²) in [4.78, 5) is 23.7. The number of carboxylic acids is 1. The van der Waals surface area contributed by atoms with Crippen LogP contribution in [0.5, 0.6) is 5.75 Å². The molecule has 0 saturated heterocycles. The number of aliphatic carboxylic acids is 1. The number of hydrogen-bond donors (Lipinski definition) is 2. The fourth-order valence-electron chi connectivity index (χ4n) is 3.47. The van der Waals surface area contributed by atoms with Gasteiger partial charge in [0.15, 0.2) is 0 Å². The fraction of sp³-hybridized carbons (Fsp3) is 0.529. The van der Waals surface area contributed by atoms with Crippen LogP contribution in [0.1, 0.15) is 32.3 Å². The van der Waals surface area contributed by atoms with E-state index in [0.717, 1.165) is 24.2 Å². The van der Waals surface area contributed by atoms with Gasteiger partial charge in [-0.3, -0.25) is 4.79 Å². The Kier molecular flexibility index (Phi) is 3.59. The van der Waals surface area contributed by atoms with E-state index in [2.05, 4.69) is 5.32 Å². The lowest BCUT2D eigenvalue weighted by atomic mass is 9.87. The standard InChI is InChI=1S/C17H21NO4/c1-10(2)14(16(20)21)18-15(19)12-9-17(12)7-8-22-13-6-4-3-5-11(13)17/h3-6,10,12,14H,7-9H2,1-2H3,(H,18,19)(H,20,21)/t12-,14?,17-/m0/s1. The molecule has 1 heterocycles. The molecule has 22 heavy (non-hydrogen) atoms. The smallest absolute Gasteiger partial charge is 0.326 e. The monoisotopic (exact) mass is 303 g/mol. The van der Waals surface area contributed by atoms with Crippen molar-refractivity contribution in [2.45, 2.75) is 38.1 Å². The van der Waals surface area contributed by atoms with Gasteiger partial charge in [-0.15, -0.1) is 0 Å². The Balaban J connectivity index is 1.77. The number of para-hydroxylation sites is 1. The van der Waals surface area contributed by atoms with Crippen LogP contribution in [-0.4, -0.2) is 29.6 Å². The minimum atomic E-state index is -0.981. The largest absolute Gasteiger partial charge is 0.493 e. The molecule has 1 saturated carbocycles. The predicted octanol–water partition coefficient (Wildman–Crippen LogP) is 1.95. The van der Waals surface area contributed by atoms with E-state index >= 15 is 0 Å². The molecule has 0 bridgehead atoms. The van der Waals surface area contributed by atoms with Crippen LogP contribution in [-0.2, 0) is 15.0 Å². The van der Waals surface area contributed by atoms with E-state index in [1.807, 2.05) is 24.3 Å². The van der Waals surface area contributed by atoms with Crippen molar-refractivity contribution >= 4 is 11.9 Å². The van der Waals surface area contributed by atoms with Gasteiger partial charge < -0.3 is 15.2 Å². The van der Waals surface area contributed by atoms with Gasteiger partial charge in [0.2, 0.25) is 5.91 Å². The summed E-state index contributed by atoms with van der Waals surface area (Å²) in [5.41, 5.74) is 0.914. The third-order valence-electron chi connectivity index (χ3n) is 4.85. The second kappa shape index (κ2) is 5.30. The van der Waals surface area contributed by atoms with Crippen LogP contribution in [0.25, 0.3) is 0 Å². The van der Waals surface area contributed by atoms with Crippen LogP contribution in [0.3, 0.4) is 0 Å². The predicted molar refractivity (Wildman–Crippen MR) is 80.7 cm³/mol. The molecule has 118 valence electrons. The lowest BCUT2D eigenvalue weighted by Gasteiger charge is -2.27. The van der Waals surface area contributed by atoms with E-state index in [0.29, 0.717) is 6.61 Å². The van der Waals surface area contributed by atoms with E-state index in [4.69, 9.17) is 4.74 Å². The van der Waals surface area contributed by atoms with Gasteiger partial charge in [0.25, 0.3) is 0 Å². The number of nitrogens with one attached hydrogen (secondary N) is 1. The van der Waals surface area contributed by atoms with Gasteiger partial charge in [-0.2, -0.15) is 0 Å². The third-order valence-corrected chi connectivity index (χ3v) is 4.85. The average Bonchev–Trinajstić information content (AvgIpc) is 3.19. The molecule has 2 N–H and O–H groups in total. The minimum Gasteiger partial charge on any atom is -0.493 e. The van der Waals surface area contributed by atoms with Gasteiger partial charge in [0.1, 0.15) is 11.8 Å². The van der Waals surface area contributed by atoms with E-state index in [-0.39, 0.29) is 23.2 Å². The molecule has 0 aromatic heterocycles. The number of carbonyl (C=O) groups excluding carboxylic acids is 1. The number of hydrogen-bond acceptors (Lipinski definition) is 3. The highest BCUT2D eigenvalue weighted by atomic mass is 16.5. The average molecular weight is 303 g/mol. The maximum Gasteiger partial charge on any atom is 0.326 e. The van der Waals surface area contributed by atoms with Crippen LogP contribution in [0, 0.1) is 11.8 Å². The molecule has 5 heteroatoms. The topological polar surface area (TPSA) is 75.6 Å². The first kappa shape index (κ1) is 14.9. The normalized spacial score (nSPS) is 27.0. The summed E-state index contributed by atoms with van der Waals surface area (Å²) >= 11 is 0. The first-order valence-corrected chi connectivity index (χ1v) is 7.71. The molecule has 1 unspecified atom stereocenters. The summed E-state index contributed by atoms with van der Waals surface area (Å²) in [5, 5.41) is 11.9.